The number of carbonyl (C=O) groups is 2. The number of para-hydroxylation sites is 2. The molecule has 27 heavy (non-hydrogen) atoms. The van der Waals surface area contributed by atoms with Crippen LogP contribution in [-0.2, 0) is 20.9 Å². The molecule has 3 rings (SSSR count). The summed E-state index contributed by atoms with van der Waals surface area (Å²) in [5.41, 5.74) is 1.18. The highest BCUT2D eigenvalue weighted by Crippen LogP contribution is 2.19. The second kappa shape index (κ2) is 8.01. The van der Waals surface area contributed by atoms with Crippen LogP contribution in [0.5, 0.6) is 0 Å². The number of hydrogen-bond donors (Lipinski definition) is 1. The Morgan fingerprint density at radius 1 is 1.04 bits per heavy atom. The van der Waals surface area contributed by atoms with Crippen molar-refractivity contribution in [2.45, 2.75) is 6.54 Å². The van der Waals surface area contributed by atoms with Crippen molar-refractivity contribution in [2.75, 3.05) is 26.8 Å². The zero-order chi connectivity index (χ0) is 19.4. The number of carboxylic acids is 1. The fourth-order valence-corrected chi connectivity index (χ4v) is 3.14. The minimum absolute atomic E-state index is 0.0711. The molecule has 1 aromatic heterocycles. The summed E-state index contributed by atoms with van der Waals surface area (Å²) in [5.74, 6) is -1.44. The molecule has 0 unspecified atom stereocenters. The molecule has 0 aliphatic heterocycles. The summed E-state index contributed by atoms with van der Waals surface area (Å²) in [6.45, 7) is -0.0566. The Kier molecular flexibility index (Phi) is 5.52. The van der Waals surface area contributed by atoms with Gasteiger partial charge in [-0.15, -0.1) is 0 Å². The predicted molar refractivity (Wildman–Crippen MR) is 102 cm³/mol. The van der Waals surface area contributed by atoms with Gasteiger partial charge in [-0.05, 0) is 24.3 Å². The number of aliphatic carboxylic acids is 1. The third-order valence-electron chi connectivity index (χ3n) is 4.42. The Bertz CT molecular complexity index is 997. The lowest BCUT2D eigenvalue weighted by Gasteiger charge is -2.22. The van der Waals surface area contributed by atoms with Gasteiger partial charge in [0, 0.05) is 24.4 Å². The quantitative estimate of drug-likeness (QED) is 0.642. The molecule has 0 saturated heterocycles. The first-order chi connectivity index (χ1) is 13.0. The number of fused-ring (bicyclic) bond motifs is 2. The second-order valence-electron chi connectivity index (χ2n) is 6.15. The molecule has 1 heterocycles. The van der Waals surface area contributed by atoms with Crippen molar-refractivity contribution in [1.82, 2.24) is 9.47 Å². The zero-order valence-corrected chi connectivity index (χ0v) is 14.9. The summed E-state index contributed by atoms with van der Waals surface area (Å²) in [4.78, 5) is 37.9. The topological polar surface area (TPSA) is 88.8 Å². The third-order valence-corrected chi connectivity index (χ3v) is 4.42. The fourth-order valence-electron chi connectivity index (χ4n) is 3.14. The monoisotopic (exact) mass is 368 g/mol. The Morgan fingerprint density at radius 3 is 2.11 bits per heavy atom. The maximum atomic E-state index is 12.8. The number of ether oxygens (including phenoxy) is 1. The van der Waals surface area contributed by atoms with Gasteiger partial charge in [0.15, 0.2) is 5.43 Å². The molecule has 0 saturated carbocycles. The first kappa shape index (κ1) is 18.6. The molecule has 0 radical (unpaired) electrons. The van der Waals surface area contributed by atoms with Crippen LogP contribution in [0.25, 0.3) is 21.8 Å². The molecule has 1 amide bonds. The Morgan fingerprint density at radius 2 is 1.59 bits per heavy atom. The van der Waals surface area contributed by atoms with Crippen molar-refractivity contribution in [1.29, 1.82) is 0 Å². The van der Waals surface area contributed by atoms with E-state index in [9.17, 15) is 14.4 Å². The third kappa shape index (κ3) is 3.83. The lowest BCUT2D eigenvalue weighted by Crippen LogP contribution is -2.40. The summed E-state index contributed by atoms with van der Waals surface area (Å²) in [6.07, 6.45) is 0. The summed E-state index contributed by atoms with van der Waals surface area (Å²) in [5, 5.41) is 10.1. The zero-order valence-electron chi connectivity index (χ0n) is 14.9. The van der Waals surface area contributed by atoms with Crippen LogP contribution in [0.3, 0.4) is 0 Å². The van der Waals surface area contributed by atoms with Crippen LogP contribution in [0.1, 0.15) is 0 Å². The number of carbonyl (C=O) groups excluding carboxylic acids is 1. The minimum atomic E-state index is -1.09. The molecule has 0 bridgehead atoms. The van der Waals surface area contributed by atoms with Crippen LogP contribution in [0, 0.1) is 0 Å². The van der Waals surface area contributed by atoms with Gasteiger partial charge in [0.05, 0.1) is 17.6 Å². The fraction of sp³-hybridized carbons (Fsp3) is 0.250. The van der Waals surface area contributed by atoms with Crippen molar-refractivity contribution < 1.29 is 19.4 Å². The van der Waals surface area contributed by atoms with Crippen LogP contribution < -0.4 is 5.43 Å². The van der Waals surface area contributed by atoms with Crippen LogP contribution >= 0.6 is 0 Å². The predicted octanol–water partition coefficient (Wildman–Crippen LogP) is 1.71. The van der Waals surface area contributed by atoms with Crippen LogP contribution in [0.2, 0.25) is 0 Å². The van der Waals surface area contributed by atoms with E-state index in [4.69, 9.17) is 9.84 Å². The molecule has 2 aromatic carbocycles. The number of aromatic nitrogens is 1. The van der Waals surface area contributed by atoms with Crippen molar-refractivity contribution in [3.63, 3.8) is 0 Å². The minimum Gasteiger partial charge on any atom is -0.480 e. The highest BCUT2D eigenvalue weighted by molar-refractivity contribution is 5.95. The summed E-state index contributed by atoms with van der Waals surface area (Å²) >= 11 is 0. The summed E-state index contributed by atoms with van der Waals surface area (Å²) in [6, 6.07) is 14.2. The van der Waals surface area contributed by atoms with Crippen LogP contribution in [0.15, 0.2) is 53.3 Å². The first-order valence-corrected chi connectivity index (χ1v) is 8.51. The summed E-state index contributed by atoms with van der Waals surface area (Å²) in [7, 11) is 1.49. The Labute approximate surface area is 155 Å². The van der Waals surface area contributed by atoms with E-state index in [-0.39, 0.29) is 31.0 Å². The van der Waals surface area contributed by atoms with E-state index < -0.39 is 12.5 Å². The van der Waals surface area contributed by atoms with Gasteiger partial charge in [-0.25, -0.2) is 0 Å². The molecule has 0 atom stereocenters. The number of hydrogen-bond acceptors (Lipinski definition) is 4. The molecule has 7 nitrogen and oxygen atoms in total. The van der Waals surface area contributed by atoms with Gasteiger partial charge in [-0.3, -0.25) is 14.4 Å². The van der Waals surface area contributed by atoms with Gasteiger partial charge in [-0.2, -0.15) is 0 Å². The molecule has 1 N–H and O–H groups in total. The Hall–Kier alpha value is -3.19. The average molecular weight is 368 g/mol. The largest absolute Gasteiger partial charge is 0.480 e. The molecule has 140 valence electrons. The maximum absolute atomic E-state index is 12.8. The normalized spacial score (nSPS) is 11.0. The standard InChI is InChI=1S/C20H20N2O5/c1-27-11-10-21(13-19(24)25)18(23)12-22-16-8-4-2-6-14(16)20(26)15-7-3-5-9-17(15)22/h2-9H,10-13H2,1H3,(H,24,25). The van der Waals surface area contributed by atoms with Gasteiger partial charge in [0.25, 0.3) is 0 Å². The molecule has 0 aliphatic carbocycles. The van der Waals surface area contributed by atoms with Gasteiger partial charge in [-0.1, -0.05) is 24.3 Å². The average Bonchev–Trinajstić information content (AvgIpc) is 2.68. The number of amides is 1. The highest BCUT2D eigenvalue weighted by Gasteiger charge is 2.19. The van der Waals surface area contributed by atoms with E-state index in [1.54, 1.807) is 53.1 Å². The van der Waals surface area contributed by atoms with Crippen LogP contribution in [-0.4, -0.2) is 53.3 Å². The summed E-state index contributed by atoms with van der Waals surface area (Å²) < 4.78 is 6.74. The van der Waals surface area contributed by atoms with Gasteiger partial charge < -0.3 is 19.3 Å². The van der Waals surface area contributed by atoms with Gasteiger partial charge in [0.1, 0.15) is 13.1 Å². The molecular formula is C20H20N2O5. The number of nitrogens with zero attached hydrogens (tertiary/aromatic N) is 2. The van der Waals surface area contributed by atoms with Crippen LogP contribution in [0.4, 0.5) is 0 Å². The van der Waals surface area contributed by atoms with E-state index in [1.165, 1.54) is 12.0 Å². The molecule has 7 heteroatoms. The van der Waals surface area contributed by atoms with Crippen molar-refractivity contribution in [3.8, 4) is 0 Å². The van der Waals surface area contributed by atoms with E-state index in [2.05, 4.69) is 0 Å². The number of carboxylic acid groups (broad SMARTS) is 1. The van der Waals surface area contributed by atoms with E-state index in [1.807, 2.05) is 0 Å². The van der Waals surface area contributed by atoms with Crippen molar-refractivity contribution >= 4 is 33.7 Å². The molecule has 0 aliphatic rings. The lowest BCUT2D eigenvalue weighted by molar-refractivity contribution is -0.145. The van der Waals surface area contributed by atoms with E-state index >= 15 is 0 Å². The maximum Gasteiger partial charge on any atom is 0.323 e. The molecule has 3 aromatic rings. The molecule has 0 spiro atoms. The number of methoxy groups -OCH3 is 1. The van der Waals surface area contributed by atoms with Crippen molar-refractivity contribution in [2.24, 2.45) is 0 Å². The number of rotatable bonds is 7. The lowest BCUT2D eigenvalue weighted by atomic mass is 10.1. The highest BCUT2D eigenvalue weighted by atomic mass is 16.5. The molecule has 0 fully saturated rings. The van der Waals surface area contributed by atoms with Crippen molar-refractivity contribution in [3.05, 3.63) is 58.8 Å². The number of pyridine rings is 1. The van der Waals surface area contributed by atoms with Gasteiger partial charge >= 0.3 is 5.97 Å². The smallest absolute Gasteiger partial charge is 0.323 e. The molecular weight excluding hydrogens is 348 g/mol. The van der Waals surface area contributed by atoms with E-state index in [0.29, 0.717) is 21.8 Å². The Balaban J connectivity index is 2.09. The SMILES string of the molecule is COCCN(CC(=O)O)C(=O)Cn1c2ccccc2c(=O)c2ccccc21. The first-order valence-electron chi connectivity index (χ1n) is 8.51. The van der Waals surface area contributed by atoms with E-state index in [0.717, 1.165) is 0 Å². The van der Waals surface area contributed by atoms with Gasteiger partial charge in [0.2, 0.25) is 5.91 Å². The second-order valence-corrected chi connectivity index (χ2v) is 6.15. The number of benzene rings is 2.